The highest BCUT2D eigenvalue weighted by Gasteiger charge is 2.20. The molecule has 1 aliphatic rings. The summed E-state index contributed by atoms with van der Waals surface area (Å²) in [5.41, 5.74) is 2.08. The van der Waals surface area contributed by atoms with Crippen molar-refractivity contribution in [2.24, 2.45) is 0 Å². The lowest BCUT2D eigenvalue weighted by molar-refractivity contribution is 0.209. The van der Waals surface area contributed by atoms with Crippen LogP contribution in [0.1, 0.15) is 17.2 Å². The number of methoxy groups -OCH3 is 1. The molecule has 0 amide bonds. The van der Waals surface area contributed by atoms with Gasteiger partial charge < -0.3 is 14.0 Å². The van der Waals surface area contributed by atoms with Crippen molar-refractivity contribution in [1.29, 1.82) is 0 Å². The number of rotatable bonds is 3. The van der Waals surface area contributed by atoms with Crippen LogP contribution in [0, 0.1) is 0 Å². The van der Waals surface area contributed by atoms with E-state index >= 15 is 0 Å². The fourth-order valence-electron chi connectivity index (χ4n) is 2.83. The lowest BCUT2D eigenvalue weighted by Crippen LogP contribution is -2.15. The molecule has 0 N–H and O–H groups in total. The molecule has 1 aliphatic heterocycles. The Balaban J connectivity index is 1.66. The van der Waals surface area contributed by atoms with Crippen LogP contribution in [-0.2, 0) is 9.31 Å². The summed E-state index contributed by atoms with van der Waals surface area (Å²) in [6.07, 6.45) is 1.82. The van der Waals surface area contributed by atoms with E-state index in [1.165, 1.54) is 18.5 Å². The molecule has 1 atom stereocenters. The summed E-state index contributed by atoms with van der Waals surface area (Å²) >= 11 is 0. The highest BCUT2D eigenvalue weighted by Crippen LogP contribution is 2.31. The smallest absolute Gasteiger partial charge is 0.537 e. The third kappa shape index (κ3) is 2.88. The first-order chi connectivity index (χ1) is 11.8. The van der Waals surface area contributed by atoms with E-state index in [4.69, 9.17) is 14.0 Å². The lowest BCUT2D eigenvalue weighted by atomic mass is 10.0. The summed E-state index contributed by atoms with van der Waals surface area (Å²) in [4.78, 5) is 0. The number of fused-ring (bicyclic) bond motifs is 1. The molecule has 3 aromatic carbocycles. The molecule has 0 saturated heterocycles. The third-order valence-electron chi connectivity index (χ3n) is 4.16. The van der Waals surface area contributed by atoms with Gasteiger partial charge in [-0.25, -0.2) is 0 Å². The largest absolute Gasteiger partial charge is 0.573 e. The highest BCUT2D eigenvalue weighted by molar-refractivity contribution is 6.21. The summed E-state index contributed by atoms with van der Waals surface area (Å²) in [6, 6.07) is 22.4. The molecule has 0 fully saturated rings. The maximum Gasteiger partial charge on any atom is 0.573 e. The number of hydrogen-bond acceptors (Lipinski definition) is 3. The van der Waals surface area contributed by atoms with Crippen LogP contribution in [0.3, 0.4) is 0 Å². The van der Waals surface area contributed by atoms with Crippen LogP contribution in [0.5, 0.6) is 5.75 Å². The van der Waals surface area contributed by atoms with Gasteiger partial charge >= 0.3 is 7.69 Å². The van der Waals surface area contributed by atoms with E-state index in [0.717, 1.165) is 22.6 Å². The number of hydrogen-bond donors (Lipinski definition) is 0. The van der Waals surface area contributed by atoms with Crippen LogP contribution in [0.2, 0.25) is 0 Å². The molecule has 0 spiro atoms. The zero-order valence-corrected chi connectivity index (χ0v) is 13.3. The first-order valence-electron chi connectivity index (χ1n) is 7.82. The Hall–Kier alpha value is -2.72. The molecule has 0 bridgehead atoms. The molecule has 117 valence electrons. The van der Waals surface area contributed by atoms with Crippen molar-refractivity contribution in [1.82, 2.24) is 0 Å². The average molecular weight is 315 g/mol. The van der Waals surface area contributed by atoms with Crippen LogP contribution in [0.4, 0.5) is 0 Å². The van der Waals surface area contributed by atoms with E-state index in [1.807, 2.05) is 42.5 Å². The van der Waals surface area contributed by atoms with Crippen molar-refractivity contribution in [2.75, 3.05) is 7.11 Å². The van der Waals surface area contributed by atoms with Gasteiger partial charge in [0.1, 0.15) is 11.5 Å². The van der Waals surface area contributed by atoms with Crippen LogP contribution >= 0.6 is 0 Å². The Kier molecular flexibility index (Phi) is 3.97. The molecule has 4 rings (SSSR count). The van der Waals surface area contributed by atoms with Crippen LogP contribution < -0.4 is 4.74 Å². The van der Waals surface area contributed by atoms with Crippen LogP contribution in [0.15, 0.2) is 72.8 Å². The van der Waals surface area contributed by atoms with Gasteiger partial charge in [0.2, 0.25) is 0 Å². The standard InChI is InChI=1S/C20H16BO3/c1-22-18-10-8-15(9-11-18)19-13-20(24-21-23-19)17-7-6-14-4-2-3-5-16(14)12-17/h2-13,19H,1H3. The molecule has 3 aromatic rings. The fourth-order valence-corrected chi connectivity index (χ4v) is 2.83. The van der Waals surface area contributed by atoms with Crippen molar-refractivity contribution in [3.8, 4) is 5.75 Å². The van der Waals surface area contributed by atoms with E-state index in [9.17, 15) is 0 Å². The second-order valence-electron chi connectivity index (χ2n) is 5.64. The average Bonchev–Trinajstić information content (AvgIpc) is 2.68. The second kappa shape index (κ2) is 6.42. The molecule has 1 unspecified atom stereocenters. The molecule has 0 saturated carbocycles. The molecule has 4 heteroatoms. The third-order valence-corrected chi connectivity index (χ3v) is 4.16. The molecule has 1 heterocycles. The molecule has 0 aliphatic carbocycles. The van der Waals surface area contributed by atoms with E-state index < -0.39 is 0 Å². The molecular formula is C20H16BO3. The summed E-state index contributed by atoms with van der Waals surface area (Å²) in [5.74, 6) is 1.63. The van der Waals surface area contributed by atoms with Crippen molar-refractivity contribution in [3.05, 3.63) is 83.9 Å². The minimum atomic E-state index is -0.175. The summed E-state index contributed by atoms with van der Waals surface area (Å²) in [7, 11) is 3.06. The van der Waals surface area contributed by atoms with Crippen LogP contribution in [-0.4, -0.2) is 14.8 Å². The minimum Gasteiger partial charge on any atom is -0.537 e. The monoisotopic (exact) mass is 315 g/mol. The lowest BCUT2D eigenvalue weighted by Gasteiger charge is -2.22. The first-order valence-corrected chi connectivity index (χ1v) is 7.82. The van der Waals surface area contributed by atoms with E-state index in [-0.39, 0.29) is 6.10 Å². The van der Waals surface area contributed by atoms with Crippen LogP contribution in [0.25, 0.3) is 16.5 Å². The summed E-state index contributed by atoms with van der Waals surface area (Å²) in [6.45, 7) is 0. The zero-order chi connectivity index (χ0) is 16.4. The minimum absolute atomic E-state index is 0.175. The normalized spacial score (nSPS) is 16.9. The zero-order valence-electron chi connectivity index (χ0n) is 13.3. The fraction of sp³-hybridized carbons (Fsp3) is 0.100. The SMILES string of the molecule is COc1ccc(C2C=C(c3ccc4ccccc4c3)O[B]O2)cc1. The Morgan fingerprint density at radius 2 is 1.71 bits per heavy atom. The highest BCUT2D eigenvalue weighted by atomic mass is 16.6. The number of ether oxygens (including phenoxy) is 1. The molecule has 3 nitrogen and oxygen atoms in total. The topological polar surface area (TPSA) is 27.7 Å². The van der Waals surface area contributed by atoms with Crippen molar-refractivity contribution < 1.29 is 14.0 Å². The second-order valence-corrected chi connectivity index (χ2v) is 5.64. The van der Waals surface area contributed by atoms with Gasteiger partial charge in [0, 0.05) is 5.56 Å². The maximum atomic E-state index is 5.61. The van der Waals surface area contributed by atoms with Gasteiger partial charge in [-0.3, -0.25) is 0 Å². The predicted octanol–water partition coefficient (Wildman–Crippen LogP) is 4.51. The Morgan fingerprint density at radius 3 is 2.50 bits per heavy atom. The van der Waals surface area contributed by atoms with Crippen molar-refractivity contribution in [2.45, 2.75) is 6.10 Å². The molecule has 24 heavy (non-hydrogen) atoms. The van der Waals surface area contributed by atoms with Crippen molar-refractivity contribution >= 4 is 24.2 Å². The molecular weight excluding hydrogens is 299 g/mol. The van der Waals surface area contributed by atoms with Gasteiger partial charge in [-0.05, 0) is 40.6 Å². The van der Waals surface area contributed by atoms with E-state index in [0.29, 0.717) is 0 Å². The maximum absolute atomic E-state index is 5.61. The molecule has 1 radical (unpaired) electrons. The van der Waals surface area contributed by atoms with Gasteiger partial charge in [-0.15, -0.1) is 0 Å². The Bertz CT molecular complexity index is 887. The van der Waals surface area contributed by atoms with Gasteiger partial charge in [-0.1, -0.05) is 48.5 Å². The van der Waals surface area contributed by atoms with Gasteiger partial charge in [0.15, 0.2) is 0 Å². The van der Waals surface area contributed by atoms with E-state index in [2.05, 4.69) is 30.3 Å². The first kappa shape index (κ1) is 14.9. The van der Waals surface area contributed by atoms with Crippen molar-refractivity contribution in [3.63, 3.8) is 0 Å². The predicted molar refractivity (Wildman–Crippen MR) is 95.6 cm³/mol. The van der Waals surface area contributed by atoms with Gasteiger partial charge in [-0.2, -0.15) is 0 Å². The Morgan fingerprint density at radius 1 is 0.917 bits per heavy atom. The van der Waals surface area contributed by atoms with E-state index in [1.54, 1.807) is 7.11 Å². The summed E-state index contributed by atoms with van der Waals surface area (Å²) < 4.78 is 16.4. The molecule has 0 aromatic heterocycles. The quantitative estimate of drug-likeness (QED) is 0.666. The van der Waals surface area contributed by atoms with Gasteiger partial charge in [0.05, 0.1) is 13.2 Å². The number of benzene rings is 3. The van der Waals surface area contributed by atoms with Gasteiger partial charge in [0.25, 0.3) is 0 Å². The summed E-state index contributed by atoms with van der Waals surface area (Å²) in [5, 5.41) is 2.40. The Labute approximate surface area is 141 Å².